The quantitative estimate of drug-likeness (QED) is 0.711. The second-order valence-electron chi connectivity index (χ2n) is 2.85. The van der Waals surface area contributed by atoms with Crippen LogP contribution in [0.1, 0.15) is 31.4 Å². The SMILES string of the molecule is CC#CCCC(N)c1ccncc1. The van der Waals surface area contributed by atoms with Gasteiger partial charge in [0.1, 0.15) is 0 Å². The van der Waals surface area contributed by atoms with Crippen molar-refractivity contribution in [3.63, 3.8) is 0 Å². The molecule has 0 aromatic carbocycles. The summed E-state index contributed by atoms with van der Waals surface area (Å²) in [5.41, 5.74) is 7.07. The van der Waals surface area contributed by atoms with Gasteiger partial charge < -0.3 is 5.73 Å². The van der Waals surface area contributed by atoms with Gasteiger partial charge in [-0.05, 0) is 31.0 Å². The first-order valence-electron chi connectivity index (χ1n) is 4.39. The van der Waals surface area contributed by atoms with Crippen molar-refractivity contribution in [2.24, 2.45) is 5.73 Å². The minimum atomic E-state index is 0.0869. The Morgan fingerprint density at radius 3 is 2.77 bits per heavy atom. The van der Waals surface area contributed by atoms with Gasteiger partial charge in [0.2, 0.25) is 0 Å². The fraction of sp³-hybridized carbons (Fsp3) is 0.364. The van der Waals surface area contributed by atoms with Gasteiger partial charge in [0, 0.05) is 24.9 Å². The highest BCUT2D eigenvalue weighted by Gasteiger charge is 2.02. The van der Waals surface area contributed by atoms with E-state index in [1.54, 1.807) is 12.4 Å². The summed E-state index contributed by atoms with van der Waals surface area (Å²) in [7, 11) is 0. The topological polar surface area (TPSA) is 38.9 Å². The Morgan fingerprint density at radius 2 is 2.15 bits per heavy atom. The molecule has 68 valence electrons. The summed E-state index contributed by atoms with van der Waals surface area (Å²) in [6, 6.07) is 3.98. The van der Waals surface area contributed by atoms with E-state index in [1.807, 2.05) is 19.1 Å². The summed E-state index contributed by atoms with van der Waals surface area (Å²) in [6.07, 6.45) is 5.30. The first-order valence-corrected chi connectivity index (χ1v) is 4.39. The van der Waals surface area contributed by atoms with E-state index < -0.39 is 0 Å². The third-order valence-corrected chi connectivity index (χ3v) is 1.89. The minimum Gasteiger partial charge on any atom is -0.324 e. The molecule has 2 nitrogen and oxygen atoms in total. The highest BCUT2D eigenvalue weighted by Crippen LogP contribution is 2.13. The third kappa shape index (κ3) is 3.27. The largest absolute Gasteiger partial charge is 0.324 e. The van der Waals surface area contributed by atoms with Crippen LogP contribution in [0.2, 0.25) is 0 Å². The monoisotopic (exact) mass is 174 g/mol. The molecule has 0 spiro atoms. The van der Waals surface area contributed by atoms with Crippen LogP contribution < -0.4 is 5.73 Å². The molecule has 0 aliphatic carbocycles. The summed E-state index contributed by atoms with van der Waals surface area (Å²) in [4.78, 5) is 3.94. The number of pyridine rings is 1. The zero-order valence-electron chi connectivity index (χ0n) is 7.83. The fourth-order valence-corrected chi connectivity index (χ4v) is 1.13. The molecule has 1 unspecified atom stereocenters. The molecule has 1 rings (SSSR count). The third-order valence-electron chi connectivity index (χ3n) is 1.89. The number of nitrogens with zero attached hydrogens (tertiary/aromatic N) is 1. The summed E-state index contributed by atoms with van der Waals surface area (Å²) >= 11 is 0. The maximum atomic E-state index is 5.94. The number of aromatic nitrogens is 1. The smallest absolute Gasteiger partial charge is 0.0305 e. The van der Waals surface area contributed by atoms with Crippen molar-refractivity contribution in [3.8, 4) is 11.8 Å². The molecule has 1 atom stereocenters. The second-order valence-corrected chi connectivity index (χ2v) is 2.85. The Hall–Kier alpha value is -1.33. The van der Waals surface area contributed by atoms with Crippen LogP contribution in [0.25, 0.3) is 0 Å². The fourth-order valence-electron chi connectivity index (χ4n) is 1.13. The van der Waals surface area contributed by atoms with Gasteiger partial charge in [0.15, 0.2) is 0 Å². The van der Waals surface area contributed by atoms with Gasteiger partial charge in [0.05, 0.1) is 0 Å². The molecule has 0 bridgehead atoms. The highest BCUT2D eigenvalue weighted by atomic mass is 14.6. The van der Waals surface area contributed by atoms with Crippen molar-refractivity contribution >= 4 is 0 Å². The molecule has 13 heavy (non-hydrogen) atoms. The van der Waals surface area contributed by atoms with Crippen molar-refractivity contribution in [1.29, 1.82) is 0 Å². The lowest BCUT2D eigenvalue weighted by molar-refractivity contribution is 0.666. The summed E-state index contributed by atoms with van der Waals surface area (Å²) in [5.74, 6) is 5.86. The van der Waals surface area contributed by atoms with Crippen LogP contribution in [-0.4, -0.2) is 4.98 Å². The number of hydrogen-bond donors (Lipinski definition) is 1. The zero-order chi connectivity index (χ0) is 9.52. The van der Waals surface area contributed by atoms with Gasteiger partial charge in [-0.25, -0.2) is 0 Å². The predicted octanol–water partition coefficient (Wildman–Crippen LogP) is 1.88. The summed E-state index contributed by atoms with van der Waals surface area (Å²) in [5, 5.41) is 0. The van der Waals surface area contributed by atoms with Crippen LogP contribution in [0.5, 0.6) is 0 Å². The Labute approximate surface area is 79.2 Å². The van der Waals surface area contributed by atoms with Gasteiger partial charge in [0.25, 0.3) is 0 Å². The van der Waals surface area contributed by atoms with Gasteiger partial charge in [-0.15, -0.1) is 11.8 Å². The number of nitrogens with two attached hydrogens (primary N) is 1. The van der Waals surface area contributed by atoms with Gasteiger partial charge in [-0.1, -0.05) is 0 Å². The highest BCUT2D eigenvalue weighted by molar-refractivity contribution is 5.14. The molecule has 0 aliphatic heterocycles. The van der Waals surface area contributed by atoms with E-state index >= 15 is 0 Å². The Kier molecular flexibility index (Phi) is 4.01. The maximum absolute atomic E-state index is 5.94. The normalized spacial score (nSPS) is 11.5. The molecule has 0 amide bonds. The lowest BCUT2D eigenvalue weighted by atomic mass is 10.0. The van der Waals surface area contributed by atoms with Crippen molar-refractivity contribution in [2.75, 3.05) is 0 Å². The molecule has 2 N–H and O–H groups in total. The molecular weight excluding hydrogens is 160 g/mol. The van der Waals surface area contributed by atoms with Crippen molar-refractivity contribution < 1.29 is 0 Å². The Balaban J connectivity index is 2.47. The molecule has 0 fully saturated rings. The molecule has 1 heterocycles. The standard InChI is InChI=1S/C11H14N2/c1-2-3-4-5-11(12)10-6-8-13-9-7-10/h6-9,11H,4-5,12H2,1H3. The molecule has 0 radical (unpaired) electrons. The van der Waals surface area contributed by atoms with Crippen LogP contribution >= 0.6 is 0 Å². The molecule has 0 saturated carbocycles. The van der Waals surface area contributed by atoms with Crippen LogP contribution in [0.4, 0.5) is 0 Å². The Bertz CT molecular complexity index is 295. The number of hydrogen-bond acceptors (Lipinski definition) is 2. The molecule has 1 aromatic heterocycles. The average molecular weight is 174 g/mol. The predicted molar refractivity (Wildman–Crippen MR) is 53.8 cm³/mol. The Morgan fingerprint density at radius 1 is 1.46 bits per heavy atom. The summed E-state index contributed by atoms with van der Waals surface area (Å²) in [6.45, 7) is 1.85. The zero-order valence-corrected chi connectivity index (χ0v) is 7.83. The molecule has 1 aromatic rings. The van der Waals surface area contributed by atoms with E-state index in [9.17, 15) is 0 Å². The van der Waals surface area contributed by atoms with Crippen LogP contribution in [0.3, 0.4) is 0 Å². The maximum Gasteiger partial charge on any atom is 0.0305 e. The second kappa shape index (κ2) is 5.34. The van der Waals surface area contributed by atoms with Crippen molar-refractivity contribution in [2.45, 2.75) is 25.8 Å². The van der Waals surface area contributed by atoms with Gasteiger partial charge >= 0.3 is 0 Å². The van der Waals surface area contributed by atoms with E-state index in [1.165, 1.54) is 0 Å². The molecule has 0 saturated heterocycles. The summed E-state index contributed by atoms with van der Waals surface area (Å²) < 4.78 is 0. The minimum absolute atomic E-state index is 0.0869. The van der Waals surface area contributed by atoms with E-state index in [0.717, 1.165) is 18.4 Å². The van der Waals surface area contributed by atoms with Gasteiger partial charge in [-0.2, -0.15) is 0 Å². The van der Waals surface area contributed by atoms with E-state index in [4.69, 9.17) is 5.73 Å². The molecular formula is C11H14N2. The van der Waals surface area contributed by atoms with Crippen LogP contribution in [0.15, 0.2) is 24.5 Å². The van der Waals surface area contributed by atoms with Crippen LogP contribution in [-0.2, 0) is 0 Å². The first-order chi connectivity index (χ1) is 6.34. The average Bonchev–Trinajstić information content (AvgIpc) is 2.19. The van der Waals surface area contributed by atoms with Crippen molar-refractivity contribution in [1.82, 2.24) is 4.98 Å². The molecule has 2 heteroatoms. The van der Waals surface area contributed by atoms with E-state index in [-0.39, 0.29) is 6.04 Å². The molecule has 0 aliphatic rings. The van der Waals surface area contributed by atoms with Gasteiger partial charge in [-0.3, -0.25) is 4.98 Å². The lowest BCUT2D eigenvalue weighted by Crippen LogP contribution is -2.09. The number of rotatable bonds is 3. The first kappa shape index (κ1) is 9.76. The van der Waals surface area contributed by atoms with E-state index in [2.05, 4.69) is 16.8 Å². The van der Waals surface area contributed by atoms with Crippen LogP contribution in [0, 0.1) is 11.8 Å². The lowest BCUT2D eigenvalue weighted by Gasteiger charge is -2.08. The van der Waals surface area contributed by atoms with Crippen molar-refractivity contribution in [3.05, 3.63) is 30.1 Å². The van der Waals surface area contributed by atoms with E-state index in [0.29, 0.717) is 0 Å².